The second kappa shape index (κ2) is 5.16. The van der Waals surface area contributed by atoms with E-state index < -0.39 is 12.0 Å². The zero-order valence-electron chi connectivity index (χ0n) is 10.1. The molecular weight excluding hydrogens is 232 g/mol. The second-order valence-electron chi connectivity index (χ2n) is 4.12. The number of aliphatic hydroxyl groups is 1. The monoisotopic (exact) mass is 248 g/mol. The van der Waals surface area contributed by atoms with Crippen molar-refractivity contribution in [3.05, 3.63) is 35.8 Å². The lowest BCUT2D eigenvalue weighted by Gasteiger charge is -2.08. The summed E-state index contributed by atoms with van der Waals surface area (Å²) in [5.41, 5.74) is 7.77. The molecule has 0 spiro atoms. The van der Waals surface area contributed by atoms with E-state index in [1.807, 2.05) is 35.7 Å². The third-order valence-corrected chi connectivity index (χ3v) is 2.79. The predicted molar refractivity (Wildman–Crippen MR) is 66.8 cm³/mol. The Morgan fingerprint density at radius 2 is 2.39 bits per heavy atom. The number of carbonyl (C=O) groups is 1. The van der Waals surface area contributed by atoms with Crippen molar-refractivity contribution in [2.45, 2.75) is 19.6 Å². The van der Waals surface area contributed by atoms with Crippen LogP contribution >= 0.6 is 0 Å². The van der Waals surface area contributed by atoms with Crippen molar-refractivity contribution >= 4 is 11.6 Å². The lowest BCUT2D eigenvalue weighted by atomic mass is 10.3. The number of nitrogens with two attached hydrogens (primary N) is 1. The first kappa shape index (κ1) is 12.5. The molecule has 0 aliphatic carbocycles. The number of rotatable bonds is 5. The molecular formula is C12H16N4O2. The van der Waals surface area contributed by atoms with E-state index in [-0.39, 0.29) is 6.54 Å². The van der Waals surface area contributed by atoms with E-state index in [9.17, 15) is 9.90 Å². The average molecular weight is 248 g/mol. The lowest BCUT2D eigenvalue weighted by molar-refractivity contribution is -0.125. The smallest absolute Gasteiger partial charge is 0.247 e. The molecule has 96 valence electrons. The molecule has 6 nitrogen and oxygen atoms in total. The number of nitrogens with zero attached hydrogens (tertiary/aromatic N) is 2. The van der Waals surface area contributed by atoms with Crippen molar-refractivity contribution in [2.24, 2.45) is 5.73 Å². The minimum absolute atomic E-state index is 0.134. The van der Waals surface area contributed by atoms with Crippen LogP contribution in [0.25, 0.3) is 5.65 Å². The maximum atomic E-state index is 10.7. The first-order valence-electron chi connectivity index (χ1n) is 5.70. The van der Waals surface area contributed by atoms with Crippen LogP contribution in [0.5, 0.6) is 0 Å². The Hall–Kier alpha value is -1.92. The average Bonchev–Trinajstić information content (AvgIpc) is 2.65. The van der Waals surface area contributed by atoms with Gasteiger partial charge in [-0.2, -0.15) is 0 Å². The lowest BCUT2D eigenvalue weighted by Crippen LogP contribution is -2.37. The van der Waals surface area contributed by atoms with Crippen LogP contribution in [0.15, 0.2) is 24.4 Å². The Balaban J connectivity index is 2.08. The molecule has 2 heterocycles. The van der Waals surface area contributed by atoms with Crippen LogP contribution in [-0.4, -0.2) is 33.0 Å². The molecule has 0 bridgehead atoms. The van der Waals surface area contributed by atoms with Crippen molar-refractivity contribution in [1.29, 1.82) is 0 Å². The SMILES string of the molecule is Cc1nc2ccccn2c1CNCC(O)C(N)=O. The van der Waals surface area contributed by atoms with Crippen LogP contribution in [0.2, 0.25) is 0 Å². The molecule has 0 aliphatic rings. The summed E-state index contributed by atoms with van der Waals surface area (Å²) in [7, 11) is 0. The Bertz CT molecular complexity index is 564. The summed E-state index contributed by atoms with van der Waals surface area (Å²) in [5, 5.41) is 12.3. The molecule has 1 amide bonds. The fourth-order valence-corrected chi connectivity index (χ4v) is 1.81. The summed E-state index contributed by atoms with van der Waals surface area (Å²) in [6.07, 6.45) is 0.765. The number of carbonyl (C=O) groups excluding carboxylic acids is 1. The number of nitrogens with one attached hydrogen (secondary N) is 1. The van der Waals surface area contributed by atoms with Crippen LogP contribution in [0.4, 0.5) is 0 Å². The van der Waals surface area contributed by atoms with Crippen LogP contribution in [0, 0.1) is 6.92 Å². The van der Waals surface area contributed by atoms with Crippen molar-refractivity contribution in [3.8, 4) is 0 Å². The van der Waals surface area contributed by atoms with Gasteiger partial charge in [-0.1, -0.05) is 6.07 Å². The number of hydrogen-bond donors (Lipinski definition) is 3. The normalized spacial score (nSPS) is 12.8. The molecule has 4 N–H and O–H groups in total. The van der Waals surface area contributed by atoms with E-state index in [1.165, 1.54) is 0 Å². The maximum absolute atomic E-state index is 10.7. The molecule has 1 unspecified atom stereocenters. The summed E-state index contributed by atoms with van der Waals surface area (Å²) in [6.45, 7) is 2.57. The molecule has 2 rings (SSSR count). The standard InChI is InChI=1S/C12H16N4O2/c1-8-9(6-14-7-10(17)12(13)18)16-5-3-2-4-11(16)15-8/h2-5,10,14,17H,6-7H2,1H3,(H2,13,18). The Morgan fingerprint density at radius 1 is 1.61 bits per heavy atom. The Kier molecular flexibility index (Phi) is 3.59. The highest BCUT2D eigenvalue weighted by Crippen LogP contribution is 2.11. The predicted octanol–water partition coefficient (Wildman–Crippen LogP) is -0.421. The molecule has 6 heteroatoms. The number of aromatic nitrogens is 2. The summed E-state index contributed by atoms with van der Waals surface area (Å²) in [4.78, 5) is 15.1. The quantitative estimate of drug-likeness (QED) is 0.670. The molecule has 2 aromatic heterocycles. The fraction of sp³-hybridized carbons (Fsp3) is 0.333. The zero-order valence-corrected chi connectivity index (χ0v) is 10.1. The van der Waals surface area contributed by atoms with Crippen LogP contribution in [0.3, 0.4) is 0 Å². The molecule has 18 heavy (non-hydrogen) atoms. The molecule has 0 saturated carbocycles. The van der Waals surface area contributed by atoms with E-state index >= 15 is 0 Å². The Morgan fingerprint density at radius 3 is 3.11 bits per heavy atom. The number of fused-ring (bicyclic) bond motifs is 1. The first-order chi connectivity index (χ1) is 8.59. The Labute approximate surface area is 104 Å². The van der Waals surface area contributed by atoms with Gasteiger partial charge in [0.05, 0.1) is 11.4 Å². The van der Waals surface area contributed by atoms with Crippen LogP contribution in [0.1, 0.15) is 11.4 Å². The van der Waals surface area contributed by atoms with Crippen molar-refractivity contribution in [3.63, 3.8) is 0 Å². The number of primary amides is 1. The number of aliphatic hydroxyl groups excluding tert-OH is 1. The maximum Gasteiger partial charge on any atom is 0.247 e. The molecule has 2 aromatic rings. The van der Waals surface area contributed by atoms with Gasteiger partial charge in [0.15, 0.2) is 0 Å². The van der Waals surface area contributed by atoms with Gasteiger partial charge in [0.1, 0.15) is 11.8 Å². The summed E-state index contributed by atoms with van der Waals surface area (Å²) in [6, 6.07) is 5.78. The molecule has 1 atom stereocenters. The highest BCUT2D eigenvalue weighted by Gasteiger charge is 2.11. The number of amides is 1. The van der Waals surface area contributed by atoms with E-state index in [4.69, 9.17) is 5.73 Å². The van der Waals surface area contributed by atoms with Crippen molar-refractivity contribution in [2.75, 3.05) is 6.54 Å². The fourth-order valence-electron chi connectivity index (χ4n) is 1.81. The van der Waals surface area contributed by atoms with Gasteiger partial charge in [0.25, 0.3) is 0 Å². The van der Waals surface area contributed by atoms with Gasteiger partial charge in [0.2, 0.25) is 5.91 Å². The van der Waals surface area contributed by atoms with E-state index in [0.29, 0.717) is 6.54 Å². The highest BCUT2D eigenvalue weighted by atomic mass is 16.3. The molecule has 0 aromatic carbocycles. The first-order valence-corrected chi connectivity index (χ1v) is 5.70. The molecule has 0 saturated heterocycles. The minimum atomic E-state index is -1.16. The summed E-state index contributed by atoms with van der Waals surface area (Å²) >= 11 is 0. The number of imidazole rings is 1. The summed E-state index contributed by atoms with van der Waals surface area (Å²) in [5.74, 6) is -0.725. The topological polar surface area (TPSA) is 92.7 Å². The van der Waals surface area contributed by atoms with Gasteiger partial charge in [-0.15, -0.1) is 0 Å². The number of hydrogen-bond acceptors (Lipinski definition) is 4. The third kappa shape index (κ3) is 2.49. The van der Waals surface area contributed by atoms with E-state index in [1.54, 1.807) is 0 Å². The van der Waals surface area contributed by atoms with E-state index in [0.717, 1.165) is 17.0 Å². The van der Waals surface area contributed by atoms with Crippen molar-refractivity contribution < 1.29 is 9.90 Å². The zero-order chi connectivity index (χ0) is 13.1. The molecule has 0 radical (unpaired) electrons. The summed E-state index contributed by atoms with van der Waals surface area (Å²) < 4.78 is 1.97. The third-order valence-electron chi connectivity index (χ3n) is 2.79. The number of aryl methyl sites for hydroxylation is 1. The van der Waals surface area contributed by atoms with Crippen molar-refractivity contribution in [1.82, 2.24) is 14.7 Å². The van der Waals surface area contributed by atoms with Crippen LogP contribution in [-0.2, 0) is 11.3 Å². The van der Waals surface area contributed by atoms with Crippen LogP contribution < -0.4 is 11.1 Å². The van der Waals surface area contributed by atoms with Gasteiger partial charge in [-0.05, 0) is 19.1 Å². The second-order valence-corrected chi connectivity index (χ2v) is 4.12. The van der Waals surface area contributed by atoms with Gasteiger partial charge in [0, 0.05) is 19.3 Å². The van der Waals surface area contributed by atoms with Gasteiger partial charge >= 0.3 is 0 Å². The van der Waals surface area contributed by atoms with E-state index in [2.05, 4.69) is 10.3 Å². The largest absolute Gasteiger partial charge is 0.382 e. The molecule has 0 fully saturated rings. The van der Waals surface area contributed by atoms with Gasteiger partial charge in [-0.25, -0.2) is 4.98 Å². The van der Waals surface area contributed by atoms with Gasteiger partial charge in [-0.3, -0.25) is 4.79 Å². The minimum Gasteiger partial charge on any atom is -0.382 e. The number of pyridine rings is 1. The molecule has 0 aliphatic heterocycles. The van der Waals surface area contributed by atoms with Gasteiger partial charge < -0.3 is 20.6 Å². The highest BCUT2D eigenvalue weighted by molar-refractivity contribution is 5.78.